The van der Waals surface area contributed by atoms with Gasteiger partial charge in [0.25, 0.3) is 0 Å². The van der Waals surface area contributed by atoms with E-state index in [1.807, 2.05) is 0 Å². The third kappa shape index (κ3) is 14.2. The Morgan fingerprint density at radius 3 is 1.79 bits per heavy atom. The summed E-state index contributed by atoms with van der Waals surface area (Å²) in [6.45, 7) is 6.77. The van der Waals surface area contributed by atoms with Crippen molar-refractivity contribution in [1.82, 2.24) is 0 Å². The van der Waals surface area contributed by atoms with Gasteiger partial charge in [0.15, 0.2) is 0 Å². The van der Waals surface area contributed by atoms with Crippen molar-refractivity contribution in [3.05, 3.63) is 0 Å². The third-order valence-corrected chi connectivity index (χ3v) is 4.12. The summed E-state index contributed by atoms with van der Waals surface area (Å²) in [6.07, 6.45) is 16.8. The Labute approximate surface area is 122 Å². The van der Waals surface area contributed by atoms with Crippen LogP contribution in [0.15, 0.2) is 0 Å². The van der Waals surface area contributed by atoms with Gasteiger partial charge in [-0.2, -0.15) is 0 Å². The molecular formula is C18H38O. The van der Waals surface area contributed by atoms with Crippen LogP contribution < -0.4 is 0 Å². The highest BCUT2D eigenvalue weighted by atomic mass is 16.3. The lowest BCUT2D eigenvalue weighted by atomic mass is 9.94. The van der Waals surface area contributed by atoms with E-state index < -0.39 is 0 Å². The monoisotopic (exact) mass is 270 g/mol. The van der Waals surface area contributed by atoms with Crippen molar-refractivity contribution in [2.45, 2.75) is 110 Å². The molecule has 19 heavy (non-hydrogen) atoms. The Morgan fingerprint density at radius 2 is 1.21 bits per heavy atom. The van der Waals surface area contributed by atoms with Crippen LogP contribution in [0.3, 0.4) is 0 Å². The van der Waals surface area contributed by atoms with Crippen molar-refractivity contribution in [1.29, 1.82) is 0 Å². The average molecular weight is 271 g/mol. The van der Waals surface area contributed by atoms with Crippen molar-refractivity contribution in [2.75, 3.05) is 0 Å². The minimum atomic E-state index is -0.0519. The zero-order chi connectivity index (χ0) is 14.3. The van der Waals surface area contributed by atoms with Crippen molar-refractivity contribution in [2.24, 2.45) is 5.92 Å². The van der Waals surface area contributed by atoms with E-state index in [4.69, 9.17) is 0 Å². The van der Waals surface area contributed by atoms with Crippen molar-refractivity contribution < 1.29 is 5.11 Å². The molecule has 0 aromatic rings. The molecule has 2 unspecified atom stereocenters. The van der Waals surface area contributed by atoms with Crippen LogP contribution in [-0.4, -0.2) is 11.2 Å². The molecule has 0 spiro atoms. The lowest BCUT2D eigenvalue weighted by molar-refractivity contribution is 0.131. The van der Waals surface area contributed by atoms with Crippen molar-refractivity contribution in [3.8, 4) is 0 Å². The Morgan fingerprint density at radius 1 is 0.684 bits per heavy atom. The molecule has 0 saturated heterocycles. The fourth-order valence-electron chi connectivity index (χ4n) is 2.77. The molecule has 0 bridgehead atoms. The van der Waals surface area contributed by atoms with Crippen LogP contribution in [0.2, 0.25) is 0 Å². The minimum absolute atomic E-state index is 0.0519. The second-order valence-electron chi connectivity index (χ2n) is 6.40. The zero-order valence-corrected chi connectivity index (χ0v) is 13.8. The molecule has 0 aromatic heterocycles. The summed E-state index contributed by atoms with van der Waals surface area (Å²) >= 11 is 0. The normalized spacial score (nSPS) is 14.5. The van der Waals surface area contributed by atoms with Crippen molar-refractivity contribution >= 4 is 0 Å². The summed E-state index contributed by atoms with van der Waals surface area (Å²) in [5, 5.41) is 9.87. The Kier molecular flexibility index (Phi) is 14.3. The smallest absolute Gasteiger partial charge is 0.0542 e. The Hall–Kier alpha value is -0.0400. The molecule has 116 valence electrons. The topological polar surface area (TPSA) is 20.2 Å². The first kappa shape index (κ1) is 19.0. The minimum Gasteiger partial charge on any atom is -0.393 e. The van der Waals surface area contributed by atoms with Crippen LogP contribution in [0, 0.1) is 5.92 Å². The van der Waals surface area contributed by atoms with E-state index in [9.17, 15) is 5.11 Å². The second kappa shape index (κ2) is 14.4. The molecule has 0 saturated carbocycles. The van der Waals surface area contributed by atoms with Crippen LogP contribution >= 0.6 is 0 Å². The maximum absolute atomic E-state index is 9.87. The van der Waals surface area contributed by atoms with E-state index in [1.165, 1.54) is 70.6 Å². The first-order valence-corrected chi connectivity index (χ1v) is 8.88. The summed E-state index contributed by atoms with van der Waals surface area (Å²) in [5.41, 5.74) is 0. The average Bonchev–Trinajstić information content (AvgIpc) is 2.39. The summed E-state index contributed by atoms with van der Waals surface area (Å²) in [6, 6.07) is 0. The second-order valence-corrected chi connectivity index (χ2v) is 6.40. The number of unbranched alkanes of at least 4 members (excludes halogenated alkanes) is 8. The van der Waals surface area contributed by atoms with Crippen LogP contribution in [0.25, 0.3) is 0 Å². The molecule has 0 heterocycles. The maximum atomic E-state index is 9.87. The lowest BCUT2D eigenvalue weighted by Gasteiger charge is -2.16. The van der Waals surface area contributed by atoms with E-state index >= 15 is 0 Å². The molecule has 1 N–H and O–H groups in total. The fourth-order valence-corrected chi connectivity index (χ4v) is 2.77. The zero-order valence-electron chi connectivity index (χ0n) is 13.8. The number of aliphatic hydroxyl groups excluding tert-OH is 1. The van der Waals surface area contributed by atoms with E-state index in [0.717, 1.165) is 12.8 Å². The third-order valence-electron chi connectivity index (χ3n) is 4.12. The van der Waals surface area contributed by atoms with Crippen LogP contribution in [0.4, 0.5) is 0 Å². The van der Waals surface area contributed by atoms with Crippen LogP contribution in [-0.2, 0) is 0 Å². The van der Waals surface area contributed by atoms with Gasteiger partial charge in [0.05, 0.1) is 6.10 Å². The van der Waals surface area contributed by atoms with E-state index in [-0.39, 0.29) is 6.10 Å². The molecule has 0 radical (unpaired) electrons. The standard InChI is InChI=1S/C18H38O/c1-4-6-8-9-10-11-12-13-14-17(3)16-18(19)15-7-5-2/h17-19H,4-16H2,1-3H3. The van der Waals surface area contributed by atoms with Gasteiger partial charge in [0.2, 0.25) is 0 Å². The molecule has 0 rings (SSSR count). The number of aliphatic hydroxyl groups is 1. The number of hydrogen-bond donors (Lipinski definition) is 1. The van der Waals surface area contributed by atoms with Gasteiger partial charge < -0.3 is 5.11 Å². The van der Waals surface area contributed by atoms with Crippen LogP contribution in [0.1, 0.15) is 104 Å². The molecule has 0 fully saturated rings. The van der Waals surface area contributed by atoms with E-state index in [2.05, 4.69) is 20.8 Å². The van der Waals surface area contributed by atoms with Gasteiger partial charge in [-0.15, -0.1) is 0 Å². The molecule has 0 aliphatic rings. The molecule has 0 aliphatic heterocycles. The lowest BCUT2D eigenvalue weighted by Crippen LogP contribution is -2.11. The summed E-state index contributed by atoms with van der Waals surface area (Å²) < 4.78 is 0. The highest BCUT2D eigenvalue weighted by Crippen LogP contribution is 2.18. The van der Waals surface area contributed by atoms with Gasteiger partial charge >= 0.3 is 0 Å². The summed E-state index contributed by atoms with van der Waals surface area (Å²) in [7, 11) is 0. The first-order chi connectivity index (χ1) is 9.20. The summed E-state index contributed by atoms with van der Waals surface area (Å²) in [4.78, 5) is 0. The fraction of sp³-hybridized carbons (Fsp3) is 1.00. The SMILES string of the molecule is CCCCCCCCCCC(C)CC(O)CCCC. The van der Waals surface area contributed by atoms with E-state index in [1.54, 1.807) is 0 Å². The number of hydrogen-bond acceptors (Lipinski definition) is 1. The molecule has 0 aromatic carbocycles. The van der Waals surface area contributed by atoms with Gasteiger partial charge in [-0.05, 0) is 18.8 Å². The van der Waals surface area contributed by atoms with E-state index in [0.29, 0.717) is 5.92 Å². The van der Waals surface area contributed by atoms with Gasteiger partial charge in [0, 0.05) is 0 Å². The maximum Gasteiger partial charge on any atom is 0.0542 e. The Balaban J connectivity index is 3.26. The van der Waals surface area contributed by atoms with Crippen LogP contribution in [0.5, 0.6) is 0 Å². The summed E-state index contributed by atoms with van der Waals surface area (Å²) in [5.74, 6) is 0.701. The van der Waals surface area contributed by atoms with Gasteiger partial charge in [-0.1, -0.05) is 91.4 Å². The first-order valence-electron chi connectivity index (χ1n) is 8.88. The molecular weight excluding hydrogens is 232 g/mol. The predicted octanol–water partition coefficient (Wildman–Crippen LogP) is 6.09. The largest absolute Gasteiger partial charge is 0.393 e. The number of rotatable bonds is 14. The Bertz CT molecular complexity index is 167. The molecule has 2 atom stereocenters. The van der Waals surface area contributed by atoms with Gasteiger partial charge in [-0.25, -0.2) is 0 Å². The van der Waals surface area contributed by atoms with Gasteiger partial charge in [-0.3, -0.25) is 0 Å². The quantitative estimate of drug-likeness (QED) is 0.378. The molecule has 1 nitrogen and oxygen atoms in total. The highest BCUT2D eigenvalue weighted by molar-refractivity contribution is 4.62. The highest BCUT2D eigenvalue weighted by Gasteiger charge is 2.09. The predicted molar refractivity (Wildman–Crippen MR) is 86.5 cm³/mol. The molecule has 1 heteroatoms. The van der Waals surface area contributed by atoms with Crippen molar-refractivity contribution in [3.63, 3.8) is 0 Å². The molecule has 0 amide bonds. The molecule has 0 aliphatic carbocycles. The van der Waals surface area contributed by atoms with Gasteiger partial charge in [0.1, 0.15) is 0 Å².